The molecule has 0 aromatic heterocycles. The molecule has 2 nitrogen and oxygen atoms in total. The lowest BCUT2D eigenvalue weighted by Crippen LogP contribution is -1.82. The van der Waals surface area contributed by atoms with Gasteiger partial charge in [0, 0.05) is 0 Å². The maximum Gasteiger partial charge on any atom is -0.0533 e. The summed E-state index contributed by atoms with van der Waals surface area (Å²) in [4.78, 5) is 0. The van der Waals surface area contributed by atoms with Crippen LogP contribution < -0.4 is 12.3 Å². The molecule has 0 radical (unpaired) electrons. The third-order valence-electron chi connectivity index (χ3n) is 3.21. The molecule has 0 aromatic carbocycles. The number of hydrogen-bond donors (Lipinski definition) is 2. The molecule has 0 bridgehead atoms. The summed E-state index contributed by atoms with van der Waals surface area (Å²) in [5.41, 5.74) is 0. The van der Waals surface area contributed by atoms with E-state index in [1.165, 1.54) is 83.5 Å². The van der Waals surface area contributed by atoms with Crippen molar-refractivity contribution < 1.29 is 0 Å². The molecule has 0 aliphatic carbocycles. The molecule has 0 saturated heterocycles. The van der Waals surface area contributed by atoms with E-state index in [0.29, 0.717) is 0 Å². The zero-order chi connectivity index (χ0) is 11.2. The lowest BCUT2D eigenvalue weighted by Gasteiger charge is -2.01. The largest absolute Gasteiger partial charge is 0.344 e. The van der Waals surface area contributed by atoms with Gasteiger partial charge in [-0.25, -0.2) is 0 Å². The molecule has 0 heterocycles. The Morgan fingerprint density at radius 2 is 0.529 bits per heavy atom. The third kappa shape index (κ3) is 21.7. The van der Waals surface area contributed by atoms with Crippen molar-refractivity contribution in [3.63, 3.8) is 0 Å². The topological polar surface area (TPSA) is 70.0 Å². The molecule has 6 N–H and O–H groups in total. The molecule has 0 amide bonds. The minimum absolute atomic E-state index is 0. The van der Waals surface area contributed by atoms with Gasteiger partial charge in [-0.05, 0) is 0 Å². The van der Waals surface area contributed by atoms with Crippen LogP contribution >= 0.6 is 0 Å². The summed E-state index contributed by atoms with van der Waals surface area (Å²) in [6.07, 6.45) is 18.9. The minimum Gasteiger partial charge on any atom is -0.344 e. The average molecular weight is 246 g/mol. The van der Waals surface area contributed by atoms with Crippen molar-refractivity contribution in [1.29, 1.82) is 0 Å². The van der Waals surface area contributed by atoms with Crippen LogP contribution in [0.4, 0.5) is 0 Å². The van der Waals surface area contributed by atoms with E-state index >= 15 is 0 Å². The molecule has 0 aliphatic heterocycles. The summed E-state index contributed by atoms with van der Waals surface area (Å²) in [5, 5.41) is 0. The fourth-order valence-corrected chi connectivity index (χ4v) is 2.09. The minimum atomic E-state index is 0. The first kappa shape index (κ1) is 22.1. The van der Waals surface area contributed by atoms with Gasteiger partial charge in [0.1, 0.15) is 0 Å². The van der Waals surface area contributed by atoms with Crippen LogP contribution in [0.1, 0.15) is 97.3 Å². The Labute approximate surface area is 110 Å². The van der Waals surface area contributed by atoms with Gasteiger partial charge in [-0.2, -0.15) is 0 Å². The molecule has 0 atom stereocenters. The fourth-order valence-electron chi connectivity index (χ4n) is 2.09. The monoisotopic (exact) mass is 246 g/mol. The van der Waals surface area contributed by atoms with Crippen molar-refractivity contribution in [3.05, 3.63) is 0 Å². The summed E-state index contributed by atoms with van der Waals surface area (Å²) in [7, 11) is 0. The molecule has 0 rings (SSSR count). The fraction of sp³-hybridized carbons (Fsp3) is 1.00. The van der Waals surface area contributed by atoms with Crippen LogP contribution in [0, 0.1) is 0 Å². The number of hydrogen-bond acceptors (Lipinski definition) is 2. The highest BCUT2D eigenvalue weighted by Crippen LogP contribution is 2.12. The highest BCUT2D eigenvalue weighted by atomic mass is 14.0. The maximum atomic E-state index is 2.29. The second kappa shape index (κ2) is 21.2. The Morgan fingerprint density at radius 3 is 0.706 bits per heavy atom. The van der Waals surface area contributed by atoms with Crippen LogP contribution in [0.3, 0.4) is 0 Å². The van der Waals surface area contributed by atoms with E-state index in [1.54, 1.807) is 0 Å². The van der Waals surface area contributed by atoms with Gasteiger partial charge in [0.25, 0.3) is 0 Å². The highest BCUT2D eigenvalue weighted by molar-refractivity contribution is 4.47. The Morgan fingerprint density at radius 1 is 0.353 bits per heavy atom. The van der Waals surface area contributed by atoms with Gasteiger partial charge < -0.3 is 12.3 Å². The summed E-state index contributed by atoms with van der Waals surface area (Å²) in [6.45, 7) is 4.58. The van der Waals surface area contributed by atoms with Crippen molar-refractivity contribution in [1.82, 2.24) is 12.3 Å². The normalized spacial score (nSPS) is 9.53. The summed E-state index contributed by atoms with van der Waals surface area (Å²) < 4.78 is 0. The molecule has 0 spiro atoms. The Bertz CT molecular complexity index is 93.1. The van der Waals surface area contributed by atoms with E-state index in [-0.39, 0.29) is 12.3 Å². The lowest BCUT2D eigenvalue weighted by molar-refractivity contribution is 0.542. The van der Waals surface area contributed by atoms with E-state index in [4.69, 9.17) is 0 Å². The van der Waals surface area contributed by atoms with Gasteiger partial charge in [-0.1, -0.05) is 97.3 Å². The van der Waals surface area contributed by atoms with Crippen LogP contribution in [0.15, 0.2) is 0 Å². The van der Waals surface area contributed by atoms with Crippen LogP contribution in [0.5, 0.6) is 0 Å². The standard InChI is InChI=1S/C15H32.2H3N/c1-3-5-7-9-11-13-15-14-12-10-8-6-4-2;;/h3-15H2,1-2H3;2*1H3. The van der Waals surface area contributed by atoms with E-state index in [1.807, 2.05) is 0 Å². The molecule has 108 valence electrons. The lowest BCUT2D eigenvalue weighted by atomic mass is 10.1. The average Bonchev–Trinajstić information content (AvgIpc) is 2.26. The Kier molecular flexibility index (Phi) is 27.6. The van der Waals surface area contributed by atoms with Crippen molar-refractivity contribution in [3.8, 4) is 0 Å². The predicted molar refractivity (Wildman–Crippen MR) is 81.4 cm³/mol. The predicted octanol–water partition coefficient (Wildman–Crippen LogP) is 6.42. The molecule has 2 heteroatoms. The van der Waals surface area contributed by atoms with Gasteiger partial charge in [-0.15, -0.1) is 0 Å². The van der Waals surface area contributed by atoms with Crippen molar-refractivity contribution in [2.24, 2.45) is 0 Å². The molecule has 17 heavy (non-hydrogen) atoms. The zero-order valence-corrected chi connectivity index (χ0v) is 12.6. The van der Waals surface area contributed by atoms with E-state index in [0.717, 1.165) is 0 Å². The Balaban J connectivity index is -0.000000980. The second-order valence-corrected chi connectivity index (χ2v) is 4.89. The first-order chi connectivity index (χ1) is 7.41. The van der Waals surface area contributed by atoms with E-state index in [9.17, 15) is 0 Å². The van der Waals surface area contributed by atoms with E-state index in [2.05, 4.69) is 13.8 Å². The van der Waals surface area contributed by atoms with Crippen LogP contribution in [-0.2, 0) is 0 Å². The summed E-state index contributed by atoms with van der Waals surface area (Å²) >= 11 is 0. The number of rotatable bonds is 12. The van der Waals surface area contributed by atoms with Gasteiger partial charge in [0.15, 0.2) is 0 Å². The molecule has 0 aliphatic rings. The first-order valence-electron chi connectivity index (χ1n) is 7.41. The van der Waals surface area contributed by atoms with Crippen molar-refractivity contribution in [2.75, 3.05) is 0 Å². The second-order valence-electron chi connectivity index (χ2n) is 4.89. The SMILES string of the molecule is CCCCCCCCCCCCCCC.N.N. The molecule has 0 fully saturated rings. The molecule has 0 unspecified atom stereocenters. The molecular formula is C15H38N2. The Hall–Kier alpha value is -0.0800. The summed E-state index contributed by atoms with van der Waals surface area (Å²) in [6, 6.07) is 0. The highest BCUT2D eigenvalue weighted by Gasteiger charge is 1.92. The number of unbranched alkanes of at least 4 members (excludes halogenated alkanes) is 12. The molecular weight excluding hydrogens is 208 g/mol. The van der Waals surface area contributed by atoms with E-state index < -0.39 is 0 Å². The molecule has 0 saturated carbocycles. The smallest absolute Gasteiger partial charge is 0.0533 e. The quantitative estimate of drug-likeness (QED) is 0.390. The van der Waals surface area contributed by atoms with Crippen molar-refractivity contribution >= 4 is 0 Å². The van der Waals surface area contributed by atoms with Crippen LogP contribution in [0.25, 0.3) is 0 Å². The first-order valence-corrected chi connectivity index (χ1v) is 7.41. The van der Waals surface area contributed by atoms with Gasteiger partial charge >= 0.3 is 0 Å². The van der Waals surface area contributed by atoms with Gasteiger partial charge in [0.05, 0.1) is 0 Å². The van der Waals surface area contributed by atoms with Gasteiger partial charge in [-0.3, -0.25) is 0 Å². The van der Waals surface area contributed by atoms with Crippen LogP contribution in [-0.4, -0.2) is 0 Å². The van der Waals surface area contributed by atoms with Crippen LogP contribution in [0.2, 0.25) is 0 Å². The zero-order valence-electron chi connectivity index (χ0n) is 12.6. The third-order valence-corrected chi connectivity index (χ3v) is 3.21. The van der Waals surface area contributed by atoms with Gasteiger partial charge in [0.2, 0.25) is 0 Å². The summed E-state index contributed by atoms with van der Waals surface area (Å²) in [5.74, 6) is 0. The molecule has 0 aromatic rings. The van der Waals surface area contributed by atoms with Crippen molar-refractivity contribution in [2.45, 2.75) is 97.3 Å². The maximum absolute atomic E-state index is 2.29.